The largest absolute Gasteiger partial charge is 0.493 e. The van der Waals surface area contributed by atoms with Crippen molar-refractivity contribution in [3.8, 4) is 11.5 Å². The predicted octanol–water partition coefficient (Wildman–Crippen LogP) is 4.36. The van der Waals surface area contributed by atoms with E-state index in [9.17, 15) is 19.7 Å². The summed E-state index contributed by atoms with van der Waals surface area (Å²) >= 11 is 0. The third kappa shape index (κ3) is 4.41. The maximum Gasteiger partial charge on any atom is 0.315 e. The first kappa shape index (κ1) is 24.1. The van der Waals surface area contributed by atoms with Crippen molar-refractivity contribution in [2.75, 3.05) is 21.3 Å². The Bertz CT molecular complexity index is 1260. The van der Waals surface area contributed by atoms with E-state index >= 15 is 0 Å². The lowest BCUT2D eigenvalue weighted by molar-refractivity contribution is -0.384. The Balaban J connectivity index is 1.80. The van der Waals surface area contributed by atoms with Gasteiger partial charge in [-0.15, -0.1) is 0 Å². The Hall–Kier alpha value is -4.01. The third-order valence-corrected chi connectivity index (χ3v) is 6.66. The van der Waals surface area contributed by atoms with Crippen LogP contribution in [0.2, 0.25) is 0 Å². The van der Waals surface area contributed by atoms with Gasteiger partial charge in [-0.25, -0.2) is 0 Å². The van der Waals surface area contributed by atoms with E-state index in [-0.39, 0.29) is 23.8 Å². The number of methoxy groups -OCH3 is 3. The quantitative estimate of drug-likeness (QED) is 0.344. The van der Waals surface area contributed by atoms with Crippen molar-refractivity contribution in [3.63, 3.8) is 0 Å². The highest BCUT2D eigenvalue weighted by molar-refractivity contribution is 6.09. The van der Waals surface area contributed by atoms with E-state index < -0.39 is 22.7 Å². The van der Waals surface area contributed by atoms with Crippen molar-refractivity contribution in [1.29, 1.82) is 0 Å². The number of carbonyl (C=O) groups is 2. The highest BCUT2D eigenvalue weighted by Crippen LogP contribution is 2.47. The van der Waals surface area contributed by atoms with E-state index in [1.807, 2.05) is 12.1 Å². The Morgan fingerprint density at radius 3 is 2.43 bits per heavy atom. The van der Waals surface area contributed by atoms with Crippen LogP contribution in [0.15, 0.2) is 58.7 Å². The van der Waals surface area contributed by atoms with Crippen LogP contribution in [0.25, 0.3) is 0 Å². The molecule has 2 aliphatic rings. The number of esters is 1. The fourth-order valence-corrected chi connectivity index (χ4v) is 5.03. The van der Waals surface area contributed by atoms with Gasteiger partial charge in [0.25, 0.3) is 5.69 Å². The number of nitro benzene ring substituents is 1. The Morgan fingerprint density at radius 2 is 1.77 bits per heavy atom. The summed E-state index contributed by atoms with van der Waals surface area (Å²) in [5, 5.41) is 11.4. The summed E-state index contributed by atoms with van der Waals surface area (Å²) in [5.41, 5.74) is 2.83. The van der Waals surface area contributed by atoms with Crippen molar-refractivity contribution in [1.82, 2.24) is 0 Å². The lowest BCUT2D eigenvalue weighted by Gasteiger charge is -2.36. The number of non-ortho nitro benzene ring substituents is 1. The molecule has 0 aromatic heterocycles. The van der Waals surface area contributed by atoms with Crippen LogP contribution in [0.5, 0.6) is 11.5 Å². The van der Waals surface area contributed by atoms with E-state index in [0.717, 1.165) is 5.56 Å². The molecule has 35 heavy (non-hydrogen) atoms. The van der Waals surface area contributed by atoms with Crippen molar-refractivity contribution in [2.45, 2.75) is 31.6 Å². The molecule has 182 valence electrons. The minimum atomic E-state index is -0.845. The number of ether oxygens (including phenoxy) is 3. The van der Waals surface area contributed by atoms with Crippen molar-refractivity contribution < 1.29 is 28.7 Å². The van der Waals surface area contributed by atoms with Crippen LogP contribution < -0.4 is 9.47 Å². The molecule has 1 unspecified atom stereocenters. The normalized spacial score (nSPS) is 21.7. The standard InChI is InChI=1S/C26H26N2O7/c1-14-23(26(30)35-4)24(16-6-5-7-18(10-16)28(31)32)25-19(27-14)11-17(12-20(25)29)15-8-9-21(33-2)22(13-15)34-3/h5-10,13,17,23-24H,11-12H2,1-4H3/t17-,23?,24+/m1/s1. The molecule has 0 radical (unpaired) electrons. The molecule has 0 fully saturated rings. The topological polar surface area (TPSA) is 117 Å². The van der Waals surface area contributed by atoms with Gasteiger partial charge in [0.05, 0.1) is 26.3 Å². The predicted molar refractivity (Wildman–Crippen MR) is 128 cm³/mol. The summed E-state index contributed by atoms with van der Waals surface area (Å²) in [6, 6.07) is 11.6. The zero-order valence-electron chi connectivity index (χ0n) is 19.9. The van der Waals surface area contributed by atoms with Crippen molar-refractivity contribution in [2.24, 2.45) is 10.9 Å². The van der Waals surface area contributed by atoms with Crippen molar-refractivity contribution in [3.05, 3.63) is 75.0 Å². The van der Waals surface area contributed by atoms with Crippen LogP contribution in [0.1, 0.15) is 42.7 Å². The van der Waals surface area contributed by atoms with Gasteiger partial charge in [0, 0.05) is 41.5 Å². The number of hydrogen-bond donors (Lipinski definition) is 0. The monoisotopic (exact) mass is 478 g/mol. The summed E-state index contributed by atoms with van der Waals surface area (Å²) in [4.78, 5) is 42.0. The van der Waals surface area contributed by atoms with Crippen LogP contribution in [0.3, 0.4) is 0 Å². The minimum Gasteiger partial charge on any atom is -0.493 e. The molecule has 1 aliphatic carbocycles. The highest BCUT2D eigenvalue weighted by Gasteiger charge is 2.45. The molecule has 0 saturated heterocycles. The second-order valence-electron chi connectivity index (χ2n) is 8.59. The average molecular weight is 479 g/mol. The second kappa shape index (κ2) is 9.69. The molecule has 1 aliphatic heterocycles. The fourth-order valence-electron chi connectivity index (χ4n) is 5.03. The Morgan fingerprint density at radius 1 is 1.03 bits per heavy atom. The maximum atomic E-state index is 13.6. The van der Waals surface area contributed by atoms with Crippen LogP contribution in [-0.2, 0) is 14.3 Å². The number of allylic oxidation sites excluding steroid dienone is 2. The first-order valence-corrected chi connectivity index (χ1v) is 11.1. The molecule has 9 heteroatoms. The van der Waals surface area contributed by atoms with Gasteiger partial charge < -0.3 is 14.2 Å². The number of rotatable bonds is 6. The van der Waals surface area contributed by atoms with E-state index in [2.05, 4.69) is 4.99 Å². The van der Waals surface area contributed by atoms with Gasteiger partial charge >= 0.3 is 5.97 Å². The first-order valence-electron chi connectivity index (χ1n) is 11.1. The molecular formula is C26H26N2O7. The summed E-state index contributed by atoms with van der Waals surface area (Å²) in [7, 11) is 4.39. The van der Waals surface area contributed by atoms with Gasteiger partial charge in [-0.05, 0) is 42.5 Å². The van der Waals surface area contributed by atoms with Crippen molar-refractivity contribution >= 4 is 23.2 Å². The molecule has 0 N–H and O–H groups in total. The molecule has 1 heterocycles. The number of benzene rings is 2. The smallest absolute Gasteiger partial charge is 0.315 e. The van der Waals surface area contributed by atoms with E-state index in [0.29, 0.717) is 40.5 Å². The number of ketones is 1. The van der Waals surface area contributed by atoms with Gasteiger partial charge in [-0.3, -0.25) is 24.7 Å². The molecule has 0 amide bonds. The van der Waals surface area contributed by atoms with Gasteiger partial charge in [-0.2, -0.15) is 0 Å². The maximum absolute atomic E-state index is 13.6. The molecule has 2 aromatic rings. The molecule has 4 rings (SSSR count). The van der Waals surface area contributed by atoms with Crippen LogP contribution in [0, 0.1) is 16.0 Å². The summed E-state index contributed by atoms with van der Waals surface area (Å²) < 4.78 is 15.8. The number of aliphatic imine (C=N–C) groups is 1. The van der Waals surface area contributed by atoms with Gasteiger partial charge in [0.2, 0.25) is 0 Å². The number of nitrogens with zero attached hydrogens (tertiary/aromatic N) is 2. The number of carbonyl (C=O) groups excluding carboxylic acids is 2. The molecule has 0 bridgehead atoms. The Kier molecular flexibility index (Phi) is 6.68. The van der Waals surface area contributed by atoms with Crippen LogP contribution >= 0.6 is 0 Å². The van der Waals surface area contributed by atoms with Crippen LogP contribution in [-0.4, -0.2) is 43.7 Å². The average Bonchev–Trinajstić information content (AvgIpc) is 2.86. The zero-order chi connectivity index (χ0) is 25.3. The number of Topliss-reactive ketones (excluding diaryl/α,β-unsaturated/α-hetero) is 1. The molecule has 9 nitrogen and oxygen atoms in total. The molecule has 2 aromatic carbocycles. The van der Waals surface area contributed by atoms with Crippen LogP contribution in [0.4, 0.5) is 5.69 Å². The lowest BCUT2D eigenvalue weighted by Crippen LogP contribution is -2.37. The molecule has 0 saturated carbocycles. The molecular weight excluding hydrogens is 452 g/mol. The Labute approximate surface area is 202 Å². The SMILES string of the molecule is COC(=O)C1C(C)=NC2=C(C(=O)C[C@H](c3ccc(OC)c(OC)c3)C2)[C@H]1c1cccc([N+](=O)[O-])c1. The fraction of sp³-hybridized carbons (Fsp3) is 0.346. The van der Waals surface area contributed by atoms with Gasteiger partial charge in [0.1, 0.15) is 5.92 Å². The van der Waals surface area contributed by atoms with Gasteiger partial charge in [-0.1, -0.05) is 18.2 Å². The highest BCUT2D eigenvalue weighted by atomic mass is 16.6. The zero-order valence-corrected chi connectivity index (χ0v) is 19.9. The van der Waals surface area contributed by atoms with E-state index in [1.165, 1.54) is 19.2 Å². The minimum absolute atomic E-state index is 0.111. The summed E-state index contributed by atoms with van der Waals surface area (Å²) in [5.74, 6) is -1.22. The first-order chi connectivity index (χ1) is 16.8. The van der Waals surface area contributed by atoms with E-state index in [1.54, 1.807) is 39.3 Å². The third-order valence-electron chi connectivity index (χ3n) is 6.66. The molecule has 3 atom stereocenters. The number of hydrogen-bond acceptors (Lipinski definition) is 8. The van der Waals surface area contributed by atoms with Gasteiger partial charge in [0.15, 0.2) is 17.3 Å². The number of nitro groups is 1. The summed E-state index contributed by atoms with van der Waals surface area (Å²) in [6.07, 6.45) is 0.690. The lowest BCUT2D eigenvalue weighted by atomic mass is 9.69. The molecule has 0 spiro atoms. The summed E-state index contributed by atoms with van der Waals surface area (Å²) in [6.45, 7) is 1.72. The second-order valence-corrected chi connectivity index (χ2v) is 8.59. The van der Waals surface area contributed by atoms with E-state index in [4.69, 9.17) is 14.2 Å².